The molecule has 0 aliphatic rings. The van der Waals surface area contributed by atoms with E-state index in [4.69, 9.17) is 4.52 Å². The zero-order valence-electron chi connectivity index (χ0n) is 9.31. The van der Waals surface area contributed by atoms with Crippen LogP contribution < -0.4 is 0 Å². The summed E-state index contributed by atoms with van der Waals surface area (Å²) in [5, 5.41) is 3.87. The van der Waals surface area contributed by atoms with Crippen molar-refractivity contribution >= 4 is 21.7 Å². The molecule has 0 bridgehead atoms. The normalized spacial score (nSPS) is 10.5. The highest BCUT2D eigenvalue weighted by Gasteiger charge is 2.12. The number of ketones is 1. The summed E-state index contributed by atoms with van der Waals surface area (Å²) in [6.07, 6.45) is 0.681. The van der Waals surface area contributed by atoms with Crippen LogP contribution in [0.4, 0.5) is 0 Å². The van der Waals surface area contributed by atoms with E-state index in [0.717, 1.165) is 10.0 Å². The Balaban J connectivity index is 2.24. The highest BCUT2D eigenvalue weighted by molar-refractivity contribution is 9.10. The summed E-state index contributed by atoms with van der Waals surface area (Å²) in [7, 11) is 0. The van der Waals surface area contributed by atoms with Gasteiger partial charge in [-0.05, 0) is 12.1 Å². The standard InChI is InChI=1S/C12H11BrN2O2/c1-2-8(16)7-11-14-12(15-17-11)9-5-3-4-6-10(9)13/h3-6H,2,7H2,1H3. The molecule has 0 atom stereocenters. The number of halogens is 1. The van der Waals surface area contributed by atoms with Gasteiger partial charge in [-0.25, -0.2) is 0 Å². The maximum Gasteiger partial charge on any atom is 0.234 e. The Morgan fingerprint density at radius 1 is 1.41 bits per heavy atom. The van der Waals surface area contributed by atoms with Crippen molar-refractivity contribution in [3.8, 4) is 11.4 Å². The fourth-order valence-electron chi connectivity index (χ4n) is 1.37. The Morgan fingerprint density at radius 3 is 2.88 bits per heavy atom. The number of aromatic nitrogens is 2. The van der Waals surface area contributed by atoms with E-state index >= 15 is 0 Å². The number of nitrogens with zero attached hydrogens (tertiary/aromatic N) is 2. The Kier molecular flexibility index (Phi) is 3.68. The van der Waals surface area contributed by atoms with Gasteiger partial charge in [0.15, 0.2) is 0 Å². The maximum atomic E-state index is 11.3. The van der Waals surface area contributed by atoms with Crippen LogP contribution in [0, 0.1) is 0 Å². The van der Waals surface area contributed by atoms with Crippen LogP contribution in [0.3, 0.4) is 0 Å². The molecule has 1 heterocycles. The predicted molar refractivity (Wildman–Crippen MR) is 66.4 cm³/mol. The van der Waals surface area contributed by atoms with Crippen LogP contribution >= 0.6 is 15.9 Å². The summed E-state index contributed by atoms with van der Waals surface area (Å²) in [6, 6.07) is 7.60. The summed E-state index contributed by atoms with van der Waals surface area (Å²) < 4.78 is 5.94. The lowest BCUT2D eigenvalue weighted by Gasteiger charge is -1.96. The number of Topliss-reactive ketones (excluding diaryl/α,β-unsaturated/α-hetero) is 1. The molecule has 1 aromatic heterocycles. The molecular weight excluding hydrogens is 284 g/mol. The Bertz CT molecular complexity index is 537. The van der Waals surface area contributed by atoms with Gasteiger partial charge in [0.05, 0.1) is 6.42 Å². The first-order valence-corrected chi connectivity index (χ1v) is 6.09. The van der Waals surface area contributed by atoms with Crippen molar-refractivity contribution in [1.82, 2.24) is 10.1 Å². The minimum absolute atomic E-state index is 0.0901. The summed E-state index contributed by atoms with van der Waals surface area (Å²) in [5.74, 6) is 0.950. The SMILES string of the molecule is CCC(=O)Cc1nc(-c2ccccc2Br)no1. The maximum absolute atomic E-state index is 11.3. The van der Waals surface area contributed by atoms with Crippen LogP contribution in [-0.4, -0.2) is 15.9 Å². The van der Waals surface area contributed by atoms with Gasteiger partial charge in [0.1, 0.15) is 5.78 Å². The fourth-order valence-corrected chi connectivity index (χ4v) is 1.83. The van der Waals surface area contributed by atoms with Crippen LogP contribution in [0.25, 0.3) is 11.4 Å². The molecule has 0 N–H and O–H groups in total. The van der Waals surface area contributed by atoms with E-state index in [-0.39, 0.29) is 12.2 Å². The third-order valence-electron chi connectivity index (χ3n) is 2.33. The zero-order chi connectivity index (χ0) is 12.3. The first-order chi connectivity index (χ1) is 8.20. The number of carbonyl (C=O) groups is 1. The van der Waals surface area contributed by atoms with E-state index in [1.165, 1.54) is 0 Å². The number of rotatable bonds is 4. The molecule has 5 heteroatoms. The van der Waals surface area contributed by atoms with Crippen LogP contribution in [0.5, 0.6) is 0 Å². The van der Waals surface area contributed by atoms with Gasteiger partial charge in [-0.1, -0.05) is 40.1 Å². The second-order valence-corrected chi connectivity index (χ2v) is 4.41. The first kappa shape index (κ1) is 12.0. The molecule has 0 saturated carbocycles. The van der Waals surface area contributed by atoms with Gasteiger partial charge in [-0.15, -0.1) is 0 Å². The largest absolute Gasteiger partial charge is 0.338 e. The van der Waals surface area contributed by atoms with E-state index in [1.807, 2.05) is 31.2 Å². The number of hydrogen-bond donors (Lipinski definition) is 0. The minimum atomic E-state index is 0.0901. The summed E-state index contributed by atoms with van der Waals surface area (Å²) >= 11 is 3.42. The van der Waals surface area contributed by atoms with Gasteiger partial charge in [0.2, 0.25) is 11.7 Å². The molecule has 0 spiro atoms. The molecule has 88 valence electrons. The van der Waals surface area contributed by atoms with Gasteiger partial charge >= 0.3 is 0 Å². The van der Waals surface area contributed by atoms with E-state index in [1.54, 1.807) is 0 Å². The molecule has 1 aromatic carbocycles. The quantitative estimate of drug-likeness (QED) is 0.870. The van der Waals surface area contributed by atoms with Gasteiger partial charge in [0, 0.05) is 16.5 Å². The average Bonchev–Trinajstić information content (AvgIpc) is 2.78. The lowest BCUT2D eigenvalue weighted by atomic mass is 10.2. The van der Waals surface area contributed by atoms with Crippen molar-refractivity contribution in [2.24, 2.45) is 0 Å². The molecule has 2 rings (SSSR count). The highest BCUT2D eigenvalue weighted by Crippen LogP contribution is 2.25. The molecule has 0 unspecified atom stereocenters. The van der Waals surface area contributed by atoms with Crippen molar-refractivity contribution < 1.29 is 9.32 Å². The monoisotopic (exact) mass is 294 g/mol. The molecule has 0 fully saturated rings. The average molecular weight is 295 g/mol. The molecule has 0 aliphatic carbocycles. The molecule has 0 radical (unpaired) electrons. The summed E-state index contributed by atoms with van der Waals surface area (Å²) in [5.41, 5.74) is 0.853. The molecule has 4 nitrogen and oxygen atoms in total. The van der Waals surface area contributed by atoms with Crippen LogP contribution in [-0.2, 0) is 11.2 Å². The van der Waals surface area contributed by atoms with Crippen molar-refractivity contribution in [3.05, 3.63) is 34.6 Å². The molecule has 0 amide bonds. The first-order valence-electron chi connectivity index (χ1n) is 5.30. The Morgan fingerprint density at radius 2 is 2.18 bits per heavy atom. The van der Waals surface area contributed by atoms with Crippen molar-refractivity contribution in [2.45, 2.75) is 19.8 Å². The molecule has 0 aliphatic heterocycles. The topological polar surface area (TPSA) is 56.0 Å². The highest BCUT2D eigenvalue weighted by atomic mass is 79.9. The summed E-state index contributed by atoms with van der Waals surface area (Å²) in [6.45, 7) is 1.81. The van der Waals surface area contributed by atoms with Crippen LogP contribution in [0.1, 0.15) is 19.2 Å². The molecular formula is C12H11BrN2O2. The van der Waals surface area contributed by atoms with Crippen molar-refractivity contribution in [1.29, 1.82) is 0 Å². The third-order valence-corrected chi connectivity index (χ3v) is 3.02. The van der Waals surface area contributed by atoms with E-state index in [0.29, 0.717) is 18.1 Å². The number of hydrogen-bond acceptors (Lipinski definition) is 4. The molecule has 2 aromatic rings. The second kappa shape index (κ2) is 5.23. The summed E-state index contributed by atoms with van der Waals surface area (Å²) in [4.78, 5) is 15.5. The van der Waals surface area contributed by atoms with E-state index in [9.17, 15) is 4.79 Å². The molecule has 0 saturated heterocycles. The second-order valence-electron chi connectivity index (χ2n) is 3.56. The lowest BCUT2D eigenvalue weighted by molar-refractivity contribution is -0.118. The van der Waals surface area contributed by atoms with E-state index in [2.05, 4.69) is 26.1 Å². The minimum Gasteiger partial charge on any atom is -0.338 e. The van der Waals surface area contributed by atoms with Gasteiger partial charge in [0.25, 0.3) is 0 Å². The van der Waals surface area contributed by atoms with Gasteiger partial charge in [-0.3, -0.25) is 4.79 Å². The van der Waals surface area contributed by atoms with Crippen molar-refractivity contribution in [3.63, 3.8) is 0 Å². The number of carbonyl (C=O) groups excluding carboxylic acids is 1. The lowest BCUT2D eigenvalue weighted by Crippen LogP contribution is -2.00. The van der Waals surface area contributed by atoms with Crippen LogP contribution in [0.15, 0.2) is 33.3 Å². The van der Waals surface area contributed by atoms with Crippen LogP contribution in [0.2, 0.25) is 0 Å². The molecule has 17 heavy (non-hydrogen) atoms. The van der Waals surface area contributed by atoms with Gasteiger partial charge < -0.3 is 4.52 Å². The van der Waals surface area contributed by atoms with Gasteiger partial charge in [-0.2, -0.15) is 4.98 Å². The Hall–Kier alpha value is -1.49. The zero-order valence-corrected chi connectivity index (χ0v) is 10.9. The van der Waals surface area contributed by atoms with E-state index < -0.39 is 0 Å². The Labute approximate surface area is 107 Å². The third kappa shape index (κ3) is 2.79. The number of benzene rings is 1. The smallest absolute Gasteiger partial charge is 0.234 e. The fraction of sp³-hybridized carbons (Fsp3) is 0.250. The van der Waals surface area contributed by atoms with Crippen molar-refractivity contribution in [2.75, 3.05) is 0 Å². The predicted octanol–water partition coefficient (Wildman–Crippen LogP) is 3.02.